The van der Waals surface area contributed by atoms with Gasteiger partial charge in [-0.2, -0.15) is 0 Å². The molecule has 0 unspecified atom stereocenters. The van der Waals surface area contributed by atoms with Crippen LogP contribution in [0.5, 0.6) is 0 Å². The van der Waals surface area contributed by atoms with Gasteiger partial charge in [-0.25, -0.2) is 9.97 Å². The standard InChI is InChI=1S/C19H21N7O2/c1-2-5-14(17(20)27)24-15-10-23-16(18(21)28)19(26-15)25-13-8-3-7-12-11(13)6-4-9-22-12/h3-4,6-10,14H,2,5H2,1H3,(H2,20,27)(H2,21,28)(H2,24,25,26)/t14-/m1/s1. The number of carbonyl (C=O) groups is 2. The van der Waals surface area contributed by atoms with Crippen molar-refractivity contribution in [3.63, 3.8) is 0 Å². The van der Waals surface area contributed by atoms with E-state index >= 15 is 0 Å². The Balaban J connectivity index is 1.98. The second-order valence-electron chi connectivity index (χ2n) is 6.21. The van der Waals surface area contributed by atoms with Crippen molar-refractivity contribution in [2.24, 2.45) is 11.5 Å². The predicted molar refractivity (Wildman–Crippen MR) is 107 cm³/mol. The van der Waals surface area contributed by atoms with Crippen molar-refractivity contribution in [2.75, 3.05) is 10.6 Å². The number of pyridine rings is 1. The fraction of sp³-hybridized carbons (Fsp3) is 0.211. The fourth-order valence-electron chi connectivity index (χ4n) is 2.82. The Morgan fingerprint density at radius 1 is 1.14 bits per heavy atom. The summed E-state index contributed by atoms with van der Waals surface area (Å²) in [7, 11) is 0. The summed E-state index contributed by atoms with van der Waals surface area (Å²) in [5.41, 5.74) is 12.3. The molecule has 3 aromatic rings. The molecule has 0 bridgehead atoms. The quantitative estimate of drug-likeness (QED) is 0.467. The third-order valence-electron chi connectivity index (χ3n) is 4.15. The van der Waals surface area contributed by atoms with E-state index in [4.69, 9.17) is 11.5 Å². The fourth-order valence-corrected chi connectivity index (χ4v) is 2.82. The maximum absolute atomic E-state index is 11.8. The van der Waals surface area contributed by atoms with Crippen molar-refractivity contribution in [3.8, 4) is 0 Å². The molecule has 0 aliphatic carbocycles. The van der Waals surface area contributed by atoms with Crippen molar-refractivity contribution in [2.45, 2.75) is 25.8 Å². The maximum Gasteiger partial charge on any atom is 0.271 e. The molecule has 0 fully saturated rings. The molecule has 0 spiro atoms. The summed E-state index contributed by atoms with van der Waals surface area (Å²) in [5, 5.41) is 6.91. The van der Waals surface area contributed by atoms with Gasteiger partial charge in [0.25, 0.3) is 5.91 Å². The molecule has 0 radical (unpaired) electrons. The Labute approximate surface area is 161 Å². The van der Waals surface area contributed by atoms with E-state index in [2.05, 4.69) is 25.6 Å². The minimum Gasteiger partial charge on any atom is -0.368 e. The van der Waals surface area contributed by atoms with Gasteiger partial charge in [0.15, 0.2) is 11.5 Å². The number of hydrogen-bond donors (Lipinski definition) is 4. The molecule has 144 valence electrons. The molecule has 0 saturated heterocycles. The predicted octanol–water partition coefficient (Wildman–Crippen LogP) is 1.93. The number of benzene rings is 1. The summed E-state index contributed by atoms with van der Waals surface area (Å²) >= 11 is 0. The van der Waals surface area contributed by atoms with Gasteiger partial charge >= 0.3 is 0 Å². The molecule has 2 amide bonds. The number of nitrogens with two attached hydrogens (primary N) is 2. The lowest BCUT2D eigenvalue weighted by Crippen LogP contribution is -2.35. The summed E-state index contributed by atoms with van der Waals surface area (Å²) in [5.74, 6) is -0.728. The monoisotopic (exact) mass is 379 g/mol. The Kier molecular flexibility index (Phi) is 5.64. The van der Waals surface area contributed by atoms with Crippen LogP contribution in [0.15, 0.2) is 42.7 Å². The minimum atomic E-state index is -0.722. The molecular formula is C19H21N7O2. The van der Waals surface area contributed by atoms with Crippen LogP contribution in [-0.4, -0.2) is 32.8 Å². The summed E-state index contributed by atoms with van der Waals surface area (Å²) in [6.07, 6.45) is 4.36. The number of aromatic nitrogens is 3. The lowest BCUT2D eigenvalue weighted by atomic mass is 10.1. The van der Waals surface area contributed by atoms with Crippen LogP contribution >= 0.6 is 0 Å². The van der Waals surface area contributed by atoms with Gasteiger partial charge in [-0.1, -0.05) is 19.4 Å². The number of rotatable bonds is 8. The number of amides is 2. The summed E-state index contributed by atoms with van der Waals surface area (Å²) in [4.78, 5) is 36.2. The molecule has 9 nitrogen and oxygen atoms in total. The highest BCUT2D eigenvalue weighted by Crippen LogP contribution is 2.26. The van der Waals surface area contributed by atoms with Gasteiger partial charge in [0, 0.05) is 17.3 Å². The van der Waals surface area contributed by atoms with Crippen LogP contribution in [0, 0.1) is 0 Å². The van der Waals surface area contributed by atoms with Gasteiger partial charge < -0.3 is 22.1 Å². The number of primary amides is 2. The number of hydrogen-bond acceptors (Lipinski definition) is 7. The molecule has 1 aromatic carbocycles. The number of nitrogens with zero attached hydrogens (tertiary/aromatic N) is 3. The molecule has 2 aromatic heterocycles. The van der Waals surface area contributed by atoms with Crippen molar-refractivity contribution in [1.82, 2.24) is 15.0 Å². The first-order chi connectivity index (χ1) is 13.5. The topological polar surface area (TPSA) is 149 Å². The van der Waals surface area contributed by atoms with E-state index in [9.17, 15) is 9.59 Å². The van der Waals surface area contributed by atoms with Crippen molar-refractivity contribution < 1.29 is 9.59 Å². The van der Waals surface area contributed by atoms with Crippen LogP contribution in [0.1, 0.15) is 30.3 Å². The van der Waals surface area contributed by atoms with Gasteiger partial charge in [-0.15, -0.1) is 0 Å². The number of anilines is 3. The third kappa shape index (κ3) is 4.14. The lowest BCUT2D eigenvalue weighted by Gasteiger charge is -2.17. The first-order valence-corrected chi connectivity index (χ1v) is 8.83. The first-order valence-electron chi connectivity index (χ1n) is 8.83. The van der Waals surface area contributed by atoms with E-state index in [1.165, 1.54) is 6.20 Å². The zero-order valence-electron chi connectivity index (χ0n) is 15.3. The average molecular weight is 379 g/mol. The highest BCUT2D eigenvalue weighted by Gasteiger charge is 2.18. The lowest BCUT2D eigenvalue weighted by molar-refractivity contribution is -0.118. The molecule has 0 aliphatic heterocycles. The number of fused-ring (bicyclic) bond motifs is 1. The summed E-state index contributed by atoms with van der Waals surface area (Å²) in [6.45, 7) is 1.95. The van der Waals surface area contributed by atoms with E-state index in [1.54, 1.807) is 6.20 Å². The van der Waals surface area contributed by atoms with Gasteiger partial charge in [-0.3, -0.25) is 14.6 Å². The van der Waals surface area contributed by atoms with Gasteiger partial charge in [0.2, 0.25) is 5.91 Å². The Morgan fingerprint density at radius 3 is 2.68 bits per heavy atom. The minimum absolute atomic E-state index is 0.0161. The highest BCUT2D eigenvalue weighted by atomic mass is 16.1. The summed E-state index contributed by atoms with van der Waals surface area (Å²) < 4.78 is 0. The van der Waals surface area contributed by atoms with Gasteiger partial charge in [0.05, 0.1) is 11.7 Å². The maximum atomic E-state index is 11.8. The van der Waals surface area contributed by atoms with Gasteiger partial charge in [0.1, 0.15) is 11.9 Å². The smallest absolute Gasteiger partial charge is 0.271 e. The van der Waals surface area contributed by atoms with Crippen LogP contribution in [0.3, 0.4) is 0 Å². The van der Waals surface area contributed by atoms with Crippen molar-refractivity contribution >= 4 is 40.0 Å². The third-order valence-corrected chi connectivity index (χ3v) is 4.15. The number of nitrogens with one attached hydrogen (secondary N) is 2. The molecule has 0 aliphatic rings. The average Bonchev–Trinajstić information content (AvgIpc) is 2.68. The first kappa shape index (κ1) is 19.0. The number of carbonyl (C=O) groups excluding carboxylic acids is 2. The molecule has 0 saturated carbocycles. The molecule has 9 heteroatoms. The molecule has 6 N–H and O–H groups in total. The molecular weight excluding hydrogens is 358 g/mol. The van der Waals surface area contributed by atoms with Gasteiger partial charge in [-0.05, 0) is 30.7 Å². The van der Waals surface area contributed by atoms with Crippen LogP contribution in [0.25, 0.3) is 10.9 Å². The van der Waals surface area contributed by atoms with Crippen molar-refractivity contribution in [3.05, 3.63) is 48.4 Å². The van der Waals surface area contributed by atoms with E-state index in [1.807, 2.05) is 37.3 Å². The van der Waals surface area contributed by atoms with E-state index in [-0.39, 0.29) is 11.5 Å². The Bertz CT molecular complexity index is 1020. The molecule has 28 heavy (non-hydrogen) atoms. The Morgan fingerprint density at radius 2 is 1.96 bits per heavy atom. The van der Waals surface area contributed by atoms with Crippen LogP contribution in [0.4, 0.5) is 17.3 Å². The zero-order valence-corrected chi connectivity index (χ0v) is 15.3. The summed E-state index contributed by atoms with van der Waals surface area (Å²) in [6, 6.07) is 8.67. The Hall–Kier alpha value is -3.75. The van der Waals surface area contributed by atoms with Crippen LogP contribution in [0.2, 0.25) is 0 Å². The van der Waals surface area contributed by atoms with Crippen LogP contribution < -0.4 is 22.1 Å². The van der Waals surface area contributed by atoms with E-state index in [0.29, 0.717) is 17.9 Å². The second kappa shape index (κ2) is 8.30. The van der Waals surface area contributed by atoms with Crippen molar-refractivity contribution in [1.29, 1.82) is 0 Å². The SMILES string of the molecule is CCC[C@@H](Nc1cnc(C(N)=O)c(Nc2cccc3ncccc23)n1)C(N)=O. The molecule has 2 heterocycles. The van der Waals surface area contributed by atoms with Crippen LogP contribution in [-0.2, 0) is 4.79 Å². The second-order valence-corrected chi connectivity index (χ2v) is 6.21. The van der Waals surface area contributed by atoms with E-state index in [0.717, 1.165) is 17.3 Å². The van der Waals surface area contributed by atoms with E-state index < -0.39 is 17.9 Å². The molecule has 3 rings (SSSR count). The largest absolute Gasteiger partial charge is 0.368 e. The highest BCUT2D eigenvalue weighted by molar-refractivity contribution is 5.99. The molecule has 1 atom stereocenters. The normalized spacial score (nSPS) is 11.8. The zero-order chi connectivity index (χ0) is 20.1.